The summed E-state index contributed by atoms with van der Waals surface area (Å²) in [5.41, 5.74) is 3.51. The average Bonchev–Trinajstić information content (AvgIpc) is 2.40. The molecule has 0 spiro atoms. The summed E-state index contributed by atoms with van der Waals surface area (Å²) < 4.78 is 13.1. The summed E-state index contributed by atoms with van der Waals surface area (Å²) in [6, 6.07) is 0. The van der Waals surface area contributed by atoms with Crippen LogP contribution < -0.4 is 0 Å². The van der Waals surface area contributed by atoms with E-state index in [4.69, 9.17) is 6.42 Å². The van der Waals surface area contributed by atoms with Crippen molar-refractivity contribution in [1.82, 2.24) is 0 Å². The summed E-state index contributed by atoms with van der Waals surface area (Å²) in [7, 11) is -2.32. The zero-order chi connectivity index (χ0) is 11.4. The molecule has 0 amide bonds. The molecular weight excluding hydrogens is 215 g/mol. The van der Waals surface area contributed by atoms with E-state index in [2.05, 4.69) is 5.66 Å². The molecule has 0 N–H and O–H groups in total. The highest BCUT2D eigenvalue weighted by molar-refractivity contribution is 7.70. The maximum atomic E-state index is 13.1. The minimum Gasteiger partial charge on any atom is -0.309 e. The fraction of sp³-hybridized carbons (Fsp3) is 0.857. The second kappa shape index (κ2) is 5.42. The number of terminal acetylenes is 1. The summed E-state index contributed by atoms with van der Waals surface area (Å²) in [5.74, 6) is 0. The van der Waals surface area contributed by atoms with Crippen LogP contribution in [0.15, 0.2) is 0 Å². The molecule has 0 aliphatic heterocycles. The topological polar surface area (TPSA) is 17.1 Å². The van der Waals surface area contributed by atoms with Crippen LogP contribution in [-0.2, 0) is 4.57 Å². The van der Waals surface area contributed by atoms with Crippen LogP contribution in [0.4, 0.5) is 0 Å². The van der Waals surface area contributed by atoms with Crippen molar-refractivity contribution in [3.8, 4) is 12.1 Å². The Morgan fingerprint density at radius 3 is 1.50 bits per heavy atom. The molecule has 16 heavy (non-hydrogen) atoms. The largest absolute Gasteiger partial charge is 0.309 e. The van der Waals surface area contributed by atoms with Crippen molar-refractivity contribution in [3.05, 3.63) is 0 Å². The summed E-state index contributed by atoms with van der Waals surface area (Å²) in [6.45, 7) is 0. The summed E-state index contributed by atoms with van der Waals surface area (Å²) in [4.78, 5) is 0. The first-order valence-electron chi connectivity index (χ1n) is 6.84. The Morgan fingerprint density at radius 1 is 0.812 bits per heavy atom. The molecule has 2 heteroatoms. The first kappa shape index (κ1) is 12.3. The van der Waals surface area contributed by atoms with Gasteiger partial charge >= 0.3 is 0 Å². The molecule has 0 unspecified atom stereocenters. The van der Waals surface area contributed by atoms with Gasteiger partial charge in [0.05, 0.1) is 0 Å². The van der Waals surface area contributed by atoms with E-state index in [9.17, 15) is 4.57 Å². The van der Waals surface area contributed by atoms with E-state index < -0.39 is 7.14 Å². The summed E-state index contributed by atoms with van der Waals surface area (Å²) >= 11 is 0. The van der Waals surface area contributed by atoms with Crippen LogP contribution in [0.1, 0.15) is 64.2 Å². The van der Waals surface area contributed by atoms with E-state index in [0.717, 1.165) is 25.7 Å². The third-order valence-electron chi connectivity index (χ3n) is 4.44. The highest BCUT2D eigenvalue weighted by atomic mass is 31.2. The molecular formula is C14H23OP. The predicted octanol–water partition coefficient (Wildman–Crippen LogP) is 4.61. The first-order chi connectivity index (χ1) is 7.77. The van der Waals surface area contributed by atoms with E-state index in [0.29, 0.717) is 11.3 Å². The Hall–Kier alpha value is -0.210. The molecule has 1 nitrogen and oxygen atoms in total. The van der Waals surface area contributed by atoms with Gasteiger partial charge in [-0.05, 0) is 31.3 Å². The number of hydrogen-bond donors (Lipinski definition) is 0. The molecule has 0 bridgehead atoms. The second-order valence-corrected chi connectivity index (χ2v) is 8.56. The molecule has 0 radical (unpaired) electrons. The minimum absolute atomic E-state index is 0.370. The second-order valence-electron chi connectivity index (χ2n) is 5.42. The van der Waals surface area contributed by atoms with Gasteiger partial charge in [0, 0.05) is 11.3 Å². The molecule has 0 aromatic heterocycles. The molecule has 2 aliphatic rings. The Balaban J connectivity index is 2.10. The maximum absolute atomic E-state index is 13.1. The molecule has 2 aliphatic carbocycles. The zero-order valence-corrected chi connectivity index (χ0v) is 11.1. The molecule has 2 rings (SSSR count). The van der Waals surface area contributed by atoms with Gasteiger partial charge in [-0.25, -0.2) is 0 Å². The zero-order valence-electron chi connectivity index (χ0n) is 10.2. The first-order valence-corrected chi connectivity index (χ1v) is 8.69. The van der Waals surface area contributed by atoms with E-state index in [1.165, 1.54) is 38.5 Å². The Bertz CT molecular complexity index is 281. The van der Waals surface area contributed by atoms with Crippen molar-refractivity contribution >= 4 is 7.14 Å². The van der Waals surface area contributed by atoms with Gasteiger partial charge in [0.25, 0.3) is 0 Å². The third-order valence-corrected chi connectivity index (χ3v) is 8.04. The fourth-order valence-corrected chi connectivity index (χ4v) is 6.72. The van der Waals surface area contributed by atoms with Crippen molar-refractivity contribution in [2.75, 3.05) is 0 Å². The Kier molecular flexibility index (Phi) is 4.15. The molecule has 0 aromatic rings. The fourth-order valence-electron chi connectivity index (χ4n) is 3.44. The quantitative estimate of drug-likeness (QED) is 0.507. The SMILES string of the molecule is C#CP(=O)(C1CCCCC1)C1CCCCC1. The van der Waals surface area contributed by atoms with Crippen LogP contribution in [0.3, 0.4) is 0 Å². The molecule has 0 heterocycles. The van der Waals surface area contributed by atoms with Gasteiger partial charge in [-0.3, -0.25) is 0 Å². The molecule has 0 saturated heterocycles. The average molecular weight is 238 g/mol. The van der Waals surface area contributed by atoms with E-state index in [-0.39, 0.29) is 0 Å². The van der Waals surface area contributed by atoms with Gasteiger partial charge in [0.2, 0.25) is 0 Å². The maximum Gasteiger partial charge on any atom is 0.160 e. The van der Waals surface area contributed by atoms with Gasteiger partial charge < -0.3 is 4.57 Å². The summed E-state index contributed by atoms with van der Waals surface area (Å²) in [6.07, 6.45) is 17.7. The Morgan fingerprint density at radius 2 is 1.19 bits per heavy atom. The van der Waals surface area contributed by atoms with Crippen molar-refractivity contribution in [3.63, 3.8) is 0 Å². The van der Waals surface area contributed by atoms with E-state index in [1.54, 1.807) is 0 Å². The van der Waals surface area contributed by atoms with Crippen LogP contribution in [0.2, 0.25) is 0 Å². The summed E-state index contributed by atoms with van der Waals surface area (Å²) in [5, 5.41) is 0. The van der Waals surface area contributed by atoms with Crippen molar-refractivity contribution < 1.29 is 4.57 Å². The van der Waals surface area contributed by atoms with Gasteiger partial charge in [-0.1, -0.05) is 38.5 Å². The highest BCUT2D eigenvalue weighted by Gasteiger charge is 2.39. The molecule has 90 valence electrons. The normalized spacial score (nSPS) is 25.2. The van der Waals surface area contributed by atoms with Crippen LogP contribution >= 0.6 is 7.14 Å². The lowest BCUT2D eigenvalue weighted by Crippen LogP contribution is -2.22. The van der Waals surface area contributed by atoms with Crippen LogP contribution in [0.5, 0.6) is 0 Å². The lowest BCUT2D eigenvalue weighted by atomic mass is 9.99. The number of hydrogen-bond acceptors (Lipinski definition) is 1. The van der Waals surface area contributed by atoms with Crippen LogP contribution in [-0.4, -0.2) is 11.3 Å². The standard InChI is InChI=1S/C14H23OP/c1-2-16(15,13-9-5-3-6-10-13)14-11-7-4-8-12-14/h1,13-14H,3-12H2. The van der Waals surface area contributed by atoms with Gasteiger partial charge in [0.15, 0.2) is 7.14 Å². The van der Waals surface area contributed by atoms with Crippen LogP contribution in [0, 0.1) is 12.1 Å². The van der Waals surface area contributed by atoms with Crippen molar-refractivity contribution in [1.29, 1.82) is 0 Å². The third kappa shape index (κ3) is 2.38. The van der Waals surface area contributed by atoms with E-state index >= 15 is 0 Å². The lowest BCUT2D eigenvalue weighted by Gasteiger charge is -2.34. The van der Waals surface area contributed by atoms with Crippen molar-refractivity contribution in [2.24, 2.45) is 0 Å². The molecule has 0 atom stereocenters. The van der Waals surface area contributed by atoms with Gasteiger partial charge in [-0.2, -0.15) is 0 Å². The molecule has 2 saturated carbocycles. The van der Waals surface area contributed by atoms with Crippen molar-refractivity contribution in [2.45, 2.75) is 75.5 Å². The van der Waals surface area contributed by atoms with E-state index in [1.807, 2.05) is 0 Å². The highest BCUT2D eigenvalue weighted by Crippen LogP contribution is 2.61. The smallest absolute Gasteiger partial charge is 0.160 e. The number of rotatable bonds is 2. The van der Waals surface area contributed by atoms with Gasteiger partial charge in [-0.15, -0.1) is 6.42 Å². The molecule has 2 fully saturated rings. The predicted molar refractivity (Wildman–Crippen MR) is 70.2 cm³/mol. The lowest BCUT2D eigenvalue weighted by molar-refractivity contribution is 0.453. The van der Waals surface area contributed by atoms with Crippen LogP contribution in [0.25, 0.3) is 0 Å². The minimum atomic E-state index is -2.32. The molecule has 0 aromatic carbocycles. The van der Waals surface area contributed by atoms with Gasteiger partial charge in [0.1, 0.15) is 0 Å². The monoisotopic (exact) mass is 238 g/mol. The Labute approximate surface area is 99.8 Å².